The number of likely N-dealkylation sites (N-methyl/N-ethyl adjacent to an activating group) is 1. The van der Waals surface area contributed by atoms with Crippen LogP contribution in [0.3, 0.4) is 0 Å². The molecule has 19 heavy (non-hydrogen) atoms. The highest BCUT2D eigenvalue weighted by Crippen LogP contribution is 2.37. The summed E-state index contributed by atoms with van der Waals surface area (Å²) < 4.78 is 13.6. The Morgan fingerprint density at radius 3 is 2.37 bits per heavy atom. The number of nitrogens with one attached hydrogen (secondary N) is 1. The van der Waals surface area contributed by atoms with Gasteiger partial charge in [0.25, 0.3) is 5.69 Å². The molecule has 0 bridgehead atoms. The van der Waals surface area contributed by atoms with Crippen LogP contribution in [-0.2, 0) is 0 Å². The van der Waals surface area contributed by atoms with Crippen LogP contribution in [0.25, 0.3) is 0 Å². The molecule has 1 aromatic rings. The fourth-order valence-electron chi connectivity index (χ4n) is 2.36. The van der Waals surface area contributed by atoms with E-state index in [-0.39, 0.29) is 28.6 Å². The summed E-state index contributed by atoms with van der Waals surface area (Å²) in [5, 5.41) is 14.0. The van der Waals surface area contributed by atoms with E-state index in [2.05, 4.69) is 5.32 Å². The maximum atomic E-state index is 13.6. The average Bonchev–Trinajstić information content (AvgIpc) is 2.32. The van der Waals surface area contributed by atoms with Crippen LogP contribution in [-0.4, -0.2) is 18.0 Å². The van der Waals surface area contributed by atoms with E-state index in [1.54, 1.807) is 7.05 Å². The van der Waals surface area contributed by atoms with E-state index >= 15 is 0 Å². The van der Waals surface area contributed by atoms with Crippen molar-refractivity contribution in [2.45, 2.75) is 32.7 Å². The molecular formula is C13H18ClFN2O2. The molecule has 0 aliphatic heterocycles. The summed E-state index contributed by atoms with van der Waals surface area (Å²) in [4.78, 5) is 10.6. The van der Waals surface area contributed by atoms with Crippen LogP contribution in [0, 0.1) is 21.8 Å². The van der Waals surface area contributed by atoms with Gasteiger partial charge in [0.1, 0.15) is 5.82 Å². The van der Waals surface area contributed by atoms with Crippen molar-refractivity contribution in [1.82, 2.24) is 5.32 Å². The van der Waals surface area contributed by atoms with Gasteiger partial charge in [-0.15, -0.1) is 0 Å². The zero-order valence-corrected chi connectivity index (χ0v) is 12.2. The first-order valence-corrected chi connectivity index (χ1v) is 6.48. The van der Waals surface area contributed by atoms with Crippen molar-refractivity contribution < 1.29 is 9.31 Å². The Bertz CT molecular complexity index is 480. The predicted molar refractivity (Wildman–Crippen MR) is 74.2 cm³/mol. The highest BCUT2D eigenvalue weighted by Gasteiger charge is 2.30. The second-order valence-electron chi connectivity index (χ2n) is 4.93. The van der Waals surface area contributed by atoms with E-state index in [9.17, 15) is 14.5 Å². The van der Waals surface area contributed by atoms with Crippen LogP contribution in [0.5, 0.6) is 0 Å². The summed E-state index contributed by atoms with van der Waals surface area (Å²) in [5.74, 6) is -0.671. The molecule has 0 heterocycles. The van der Waals surface area contributed by atoms with Gasteiger partial charge in [0.2, 0.25) is 0 Å². The van der Waals surface area contributed by atoms with Crippen LogP contribution in [0.1, 0.15) is 32.3 Å². The molecule has 0 aliphatic rings. The summed E-state index contributed by atoms with van der Waals surface area (Å²) in [5.41, 5.74) is 0.246. The van der Waals surface area contributed by atoms with Gasteiger partial charge in [0, 0.05) is 23.6 Å². The lowest BCUT2D eigenvalue weighted by molar-refractivity contribution is -0.385. The molecule has 0 saturated carbocycles. The molecule has 1 N–H and O–H groups in total. The predicted octanol–water partition coefficient (Wildman–Crippen LogP) is 3.73. The summed E-state index contributed by atoms with van der Waals surface area (Å²) in [6, 6.07) is 2.25. The van der Waals surface area contributed by atoms with Crippen LogP contribution in [0.4, 0.5) is 10.1 Å². The highest BCUT2D eigenvalue weighted by atomic mass is 35.5. The SMILES string of the molecule is CNC(C)C(c1cc(F)c(Cl)cc1[N+](=O)[O-])C(C)C. The van der Waals surface area contributed by atoms with Crippen molar-refractivity contribution in [2.24, 2.45) is 5.92 Å². The fourth-order valence-corrected chi connectivity index (χ4v) is 2.52. The minimum atomic E-state index is -0.629. The molecule has 2 unspecified atom stereocenters. The largest absolute Gasteiger partial charge is 0.317 e. The molecule has 0 radical (unpaired) electrons. The summed E-state index contributed by atoms with van der Waals surface area (Å²) in [6.45, 7) is 5.82. The van der Waals surface area contributed by atoms with E-state index in [0.29, 0.717) is 5.56 Å². The molecule has 0 spiro atoms. The van der Waals surface area contributed by atoms with Gasteiger partial charge >= 0.3 is 0 Å². The van der Waals surface area contributed by atoms with Crippen molar-refractivity contribution in [3.8, 4) is 0 Å². The maximum absolute atomic E-state index is 13.6. The molecule has 0 aromatic heterocycles. The number of halogens is 2. The Balaban J connectivity index is 3.44. The van der Waals surface area contributed by atoms with E-state index in [0.717, 1.165) is 6.07 Å². The standard InChI is InChI=1S/C13H18ClFN2O2/c1-7(2)13(8(3)16-4)9-5-11(15)10(14)6-12(9)17(18)19/h5-8,13,16H,1-4H3. The number of nitrogens with zero attached hydrogens (tertiary/aromatic N) is 1. The van der Waals surface area contributed by atoms with Gasteiger partial charge < -0.3 is 5.32 Å². The average molecular weight is 289 g/mol. The summed E-state index contributed by atoms with van der Waals surface area (Å²) >= 11 is 5.63. The minimum Gasteiger partial charge on any atom is -0.317 e. The van der Waals surface area contributed by atoms with Gasteiger partial charge in [-0.1, -0.05) is 25.4 Å². The molecule has 1 aromatic carbocycles. The number of nitro groups is 1. The molecule has 0 aliphatic carbocycles. The first-order valence-electron chi connectivity index (χ1n) is 6.10. The number of nitro benzene ring substituents is 1. The van der Waals surface area contributed by atoms with Crippen LogP contribution < -0.4 is 5.32 Å². The molecular weight excluding hydrogens is 271 g/mol. The Morgan fingerprint density at radius 2 is 1.95 bits per heavy atom. The van der Waals surface area contributed by atoms with Gasteiger partial charge in [-0.25, -0.2) is 4.39 Å². The molecule has 2 atom stereocenters. The molecule has 0 amide bonds. The maximum Gasteiger partial charge on any atom is 0.274 e. The van der Waals surface area contributed by atoms with Gasteiger partial charge in [-0.2, -0.15) is 0 Å². The molecule has 0 fully saturated rings. The lowest BCUT2D eigenvalue weighted by atomic mass is 9.82. The second kappa shape index (κ2) is 6.30. The topological polar surface area (TPSA) is 55.2 Å². The lowest BCUT2D eigenvalue weighted by Gasteiger charge is -2.27. The summed E-state index contributed by atoms with van der Waals surface area (Å²) in [6.07, 6.45) is 0. The third-order valence-electron chi connectivity index (χ3n) is 3.34. The van der Waals surface area contributed by atoms with Crippen LogP contribution in [0.2, 0.25) is 5.02 Å². The Labute approximate surface area is 117 Å². The third-order valence-corrected chi connectivity index (χ3v) is 3.63. The van der Waals surface area contributed by atoms with Crippen molar-refractivity contribution >= 4 is 17.3 Å². The molecule has 1 rings (SSSR count). The van der Waals surface area contributed by atoms with E-state index in [1.165, 1.54) is 6.07 Å². The smallest absolute Gasteiger partial charge is 0.274 e. The summed E-state index contributed by atoms with van der Waals surface area (Å²) in [7, 11) is 1.78. The van der Waals surface area contributed by atoms with Crippen molar-refractivity contribution in [3.05, 3.63) is 38.7 Å². The van der Waals surface area contributed by atoms with Crippen molar-refractivity contribution in [2.75, 3.05) is 7.05 Å². The second-order valence-corrected chi connectivity index (χ2v) is 5.34. The molecule has 106 valence electrons. The van der Waals surface area contributed by atoms with E-state index < -0.39 is 10.7 Å². The van der Waals surface area contributed by atoms with E-state index in [4.69, 9.17) is 11.6 Å². The molecule has 0 saturated heterocycles. The number of hydrogen-bond donors (Lipinski definition) is 1. The fraction of sp³-hybridized carbons (Fsp3) is 0.538. The van der Waals surface area contributed by atoms with Gasteiger partial charge in [-0.3, -0.25) is 10.1 Å². The monoisotopic (exact) mass is 288 g/mol. The molecule has 4 nitrogen and oxygen atoms in total. The first-order chi connectivity index (χ1) is 8.79. The quantitative estimate of drug-likeness (QED) is 0.663. The first kappa shape index (κ1) is 15.9. The van der Waals surface area contributed by atoms with Gasteiger partial charge in [0.15, 0.2) is 0 Å². The third kappa shape index (κ3) is 3.42. The Morgan fingerprint density at radius 1 is 1.37 bits per heavy atom. The normalized spacial score (nSPS) is 14.5. The van der Waals surface area contributed by atoms with Crippen LogP contribution in [0.15, 0.2) is 12.1 Å². The number of benzene rings is 1. The Hall–Kier alpha value is -1.20. The minimum absolute atomic E-state index is 0.0146. The highest BCUT2D eigenvalue weighted by molar-refractivity contribution is 6.31. The zero-order chi connectivity index (χ0) is 14.7. The van der Waals surface area contributed by atoms with Crippen molar-refractivity contribution in [3.63, 3.8) is 0 Å². The van der Waals surface area contributed by atoms with Gasteiger partial charge in [-0.05, 0) is 26.0 Å². The zero-order valence-electron chi connectivity index (χ0n) is 11.4. The van der Waals surface area contributed by atoms with Gasteiger partial charge in [0.05, 0.1) is 9.95 Å². The lowest BCUT2D eigenvalue weighted by Crippen LogP contribution is -2.32. The number of hydrogen-bond acceptors (Lipinski definition) is 3. The Kier molecular flexibility index (Phi) is 5.26. The number of rotatable bonds is 5. The van der Waals surface area contributed by atoms with E-state index in [1.807, 2.05) is 20.8 Å². The van der Waals surface area contributed by atoms with Crippen molar-refractivity contribution in [1.29, 1.82) is 0 Å². The van der Waals surface area contributed by atoms with Crippen LogP contribution >= 0.6 is 11.6 Å². The molecule has 6 heteroatoms.